The van der Waals surface area contributed by atoms with Gasteiger partial charge in [0.25, 0.3) is 0 Å². The molecule has 0 aromatic heterocycles. The second kappa shape index (κ2) is 8.77. The van der Waals surface area contributed by atoms with Gasteiger partial charge in [-0.15, -0.1) is 0 Å². The van der Waals surface area contributed by atoms with Crippen LogP contribution in [0, 0.1) is 0 Å². The molecule has 1 aliphatic rings. The summed E-state index contributed by atoms with van der Waals surface area (Å²) in [5.41, 5.74) is 2.49. The SMILES string of the molecule is COC(=O)c1cccc(N2CCN(C(=O)NCc3ccc(Cl)cc3)CC2)c1. The molecule has 2 aromatic rings. The number of rotatable bonds is 4. The molecule has 0 saturated carbocycles. The molecule has 2 amide bonds. The third-order valence-electron chi connectivity index (χ3n) is 4.56. The number of piperazine rings is 1. The van der Waals surface area contributed by atoms with Gasteiger partial charge < -0.3 is 19.9 Å². The lowest BCUT2D eigenvalue weighted by Crippen LogP contribution is -2.51. The fourth-order valence-electron chi connectivity index (χ4n) is 3.01. The van der Waals surface area contributed by atoms with Crippen LogP contribution >= 0.6 is 11.6 Å². The number of benzene rings is 2. The minimum absolute atomic E-state index is 0.0760. The third kappa shape index (κ3) is 4.92. The summed E-state index contributed by atoms with van der Waals surface area (Å²) >= 11 is 5.87. The van der Waals surface area contributed by atoms with E-state index in [0.717, 1.165) is 11.3 Å². The predicted molar refractivity (Wildman–Crippen MR) is 105 cm³/mol. The van der Waals surface area contributed by atoms with E-state index < -0.39 is 0 Å². The van der Waals surface area contributed by atoms with Crippen LogP contribution in [0.15, 0.2) is 48.5 Å². The first-order chi connectivity index (χ1) is 13.1. The van der Waals surface area contributed by atoms with E-state index in [2.05, 4.69) is 10.2 Å². The Labute approximate surface area is 163 Å². The van der Waals surface area contributed by atoms with E-state index in [-0.39, 0.29) is 12.0 Å². The molecule has 1 fully saturated rings. The number of carbonyl (C=O) groups excluding carboxylic acids is 2. The highest BCUT2D eigenvalue weighted by molar-refractivity contribution is 6.30. The van der Waals surface area contributed by atoms with Gasteiger partial charge in [0, 0.05) is 43.4 Å². The molecule has 27 heavy (non-hydrogen) atoms. The lowest BCUT2D eigenvalue weighted by molar-refractivity contribution is 0.0600. The van der Waals surface area contributed by atoms with Crippen molar-refractivity contribution < 1.29 is 14.3 Å². The Morgan fingerprint density at radius 1 is 1.07 bits per heavy atom. The van der Waals surface area contributed by atoms with Crippen molar-refractivity contribution in [2.45, 2.75) is 6.54 Å². The molecule has 7 heteroatoms. The maximum atomic E-state index is 12.4. The molecule has 6 nitrogen and oxygen atoms in total. The van der Waals surface area contributed by atoms with Gasteiger partial charge in [-0.3, -0.25) is 0 Å². The molecule has 142 valence electrons. The van der Waals surface area contributed by atoms with E-state index in [1.807, 2.05) is 42.5 Å². The highest BCUT2D eigenvalue weighted by atomic mass is 35.5. The van der Waals surface area contributed by atoms with E-state index in [1.54, 1.807) is 11.0 Å². The van der Waals surface area contributed by atoms with Crippen LogP contribution < -0.4 is 10.2 Å². The maximum absolute atomic E-state index is 12.4. The van der Waals surface area contributed by atoms with Crippen LogP contribution in [0.3, 0.4) is 0 Å². The Morgan fingerprint density at radius 2 is 1.78 bits per heavy atom. The Morgan fingerprint density at radius 3 is 2.44 bits per heavy atom. The van der Waals surface area contributed by atoms with E-state index in [1.165, 1.54) is 7.11 Å². The summed E-state index contributed by atoms with van der Waals surface area (Å²) in [7, 11) is 1.37. The van der Waals surface area contributed by atoms with Gasteiger partial charge in [0.1, 0.15) is 0 Å². The summed E-state index contributed by atoms with van der Waals surface area (Å²) in [6.07, 6.45) is 0. The fourth-order valence-corrected chi connectivity index (χ4v) is 3.13. The molecule has 1 saturated heterocycles. The van der Waals surface area contributed by atoms with Crippen molar-refractivity contribution in [2.24, 2.45) is 0 Å². The average Bonchev–Trinajstić information content (AvgIpc) is 2.72. The summed E-state index contributed by atoms with van der Waals surface area (Å²) in [5.74, 6) is -0.350. The number of hydrogen-bond donors (Lipinski definition) is 1. The normalized spacial score (nSPS) is 14.0. The standard InChI is InChI=1S/C20H22ClN3O3/c1-27-19(25)16-3-2-4-18(13-16)23-9-11-24(12-10-23)20(26)22-14-15-5-7-17(21)8-6-15/h2-8,13H,9-12,14H2,1H3,(H,22,26). The van der Waals surface area contributed by atoms with Crippen molar-refractivity contribution in [3.8, 4) is 0 Å². The van der Waals surface area contributed by atoms with Gasteiger partial charge in [-0.05, 0) is 35.9 Å². The lowest BCUT2D eigenvalue weighted by atomic mass is 10.1. The molecule has 0 aliphatic carbocycles. The number of ether oxygens (including phenoxy) is 1. The largest absolute Gasteiger partial charge is 0.465 e. The van der Waals surface area contributed by atoms with Crippen LogP contribution in [0.4, 0.5) is 10.5 Å². The second-order valence-electron chi connectivity index (χ2n) is 6.30. The van der Waals surface area contributed by atoms with Crippen LogP contribution in [-0.4, -0.2) is 50.2 Å². The Hall–Kier alpha value is -2.73. The zero-order chi connectivity index (χ0) is 19.2. The van der Waals surface area contributed by atoms with Crippen LogP contribution in [0.1, 0.15) is 15.9 Å². The quantitative estimate of drug-likeness (QED) is 0.818. The third-order valence-corrected chi connectivity index (χ3v) is 4.81. The van der Waals surface area contributed by atoms with E-state index in [4.69, 9.17) is 16.3 Å². The van der Waals surface area contributed by atoms with Gasteiger partial charge >= 0.3 is 12.0 Å². The number of nitrogens with zero attached hydrogens (tertiary/aromatic N) is 2. The van der Waals surface area contributed by atoms with Crippen molar-refractivity contribution in [2.75, 3.05) is 38.2 Å². The molecule has 1 N–H and O–H groups in total. The van der Waals surface area contributed by atoms with Gasteiger partial charge in [0.15, 0.2) is 0 Å². The van der Waals surface area contributed by atoms with Crippen LogP contribution in [0.2, 0.25) is 5.02 Å². The predicted octanol–water partition coefficient (Wildman–Crippen LogP) is 3.16. The Kier molecular flexibility index (Phi) is 6.19. The topological polar surface area (TPSA) is 61.9 Å². The highest BCUT2D eigenvalue weighted by Crippen LogP contribution is 2.19. The maximum Gasteiger partial charge on any atom is 0.337 e. The number of halogens is 1. The summed E-state index contributed by atoms with van der Waals surface area (Å²) < 4.78 is 4.77. The van der Waals surface area contributed by atoms with Gasteiger partial charge in [0.2, 0.25) is 0 Å². The van der Waals surface area contributed by atoms with Crippen molar-refractivity contribution in [1.29, 1.82) is 0 Å². The molecule has 0 unspecified atom stereocenters. The monoisotopic (exact) mass is 387 g/mol. The Balaban J connectivity index is 1.51. The van der Waals surface area contributed by atoms with Crippen LogP contribution in [-0.2, 0) is 11.3 Å². The van der Waals surface area contributed by atoms with Crippen LogP contribution in [0.5, 0.6) is 0 Å². The van der Waals surface area contributed by atoms with Crippen LogP contribution in [0.25, 0.3) is 0 Å². The number of amides is 2. The first-order valence-electron chi connectivity index (χ1n) is 8.77. The van der Waals surface area contributed by atoms with E-state index in [9.17, 15) is 9.59 Å². The van der Waals surface area contributed by atoms with Crippen molar-refractivity contribution in [1.82, 2.24) is 10.2 Å². The summed E-state index contributed by atoms with van der Waals surface area (Å²) in [6.45, 7) is 3.12. The fraction of sp³-hybridized carbons (Fsp3) is 0.300. The van der Waals surface area contributed by atoms with E-state index >= 15 is 0 Å². The molecule has 0 radical (unpaired) electrons. The molecule has 0 atom stereocenters. The number of methoxy groups -OCH3 is 1. The average molecular weight is 388 g/mol. The lowest BCUT2D eigenvalue weighted by Gasteiger charge is -2.36. The molecule has 3 rings (SSSR count). The van der Waals surface area contributed by atoms with Crippen molar-refractivity contribution in [3.63, 3.8) is 0 Å². The van der Waals surface area contributed by atoms with Gasteiger partial charge in [-0.25, -0.2) is 9.59 Å². The summed E-state index contributed by atoms with van der Waals surface area (Å²) in [4.78, 5) is 28.0. The first-order valence-corrected chi connectivity index (χ1v) is 9.15. The summed E-state index contributed by atoms with van der Waals surface area (Å²) in [6, 6.07) is 14.7. The molecular formula is C20H22ClN3O3. The molecule has 2 aromatic carbocycles. The number of nitrogens with one attached hydrogen (secondary N) is 1. The number of urea groups is 1. The number of hydrogen-bond acceptors (Lipinski definition) is 4. The number of carbonyl (C=O) groups is 2. The molecule has 0 spiro atoms. The van der Waals surface area contributed by atoms with Gasteiger partial charge in [0.05, 0.1) is 12.7 Å². The zero-order valence-electron chi connectivity index (χ0n) is 15.2. The minimum atomic E-state index is -0.350. The Bertz CT molecular complexity index is 802. The smallest absolute Gasteiger partial charge is 0.337 e. The molecular weight excluding hydrogens is 366 g/mol. The number of esters is 1. The van der Waals surface area contributed by atoms with Crippen molar-refractivity contribution >= 4 is 29.3 Å². The highest BCUT2D eigenvalue weighted by Gasteiger charge is 2.21. The number of anilines is 1. The first kappa shape index (κ1) is 19.0. The van der Waals surface area contributed by atoms with Crippen molar-refractivity contribution in [3.05, 3.63) is 64.7 Å². The zero-order valence-corrected chi connectivity index (χ0v) is 15.9. The molecule has 1 heterocycles. The molecule has 0 bridgehead atoms. The van der Waals surface area contributed by atoms with Gasteiger partial charge in [-0.2, -0.15) is 0 Å². The van der Waals surface area contributed by atoms with Gasteiger partial charge in [-0.1, -0.05) is 29.8 Å². The second-order valence-corrected chi connectivity index (χ2v) is 6.74. The molecule has 1 aliphatic heterocycles. The van der Waals surface area contributed by atoms with E-state index in [0.29, 0.717) is 43.3 Å². The minimum Gasteiger partial charge on any atom is -0.465 e. The summed E-state index contributed by atoms with van der Waals surface area (Å²) in [5, 5.41) is 3.62.